The van der Waals surface area contributed by atoms with E-state index >= 15 is 0 Å². The van der Waals surface area contributed by atoms with Crippen LogP contribution in [0.25, 0.3) is 0 Å². The van der Waals surface area contributed by atoms with Crippen molar-refractivity contribution in [3.63, 3.8) is 0 Å². The Morgan fingerprint density at radius 3 is 2.55 bits per heavy atom. The van der Waals surface area contributed by atoms with Crippen molar-refractivity contribution in [3.05, 3.63) is 35.4 Å². The molecule has 2 nitrogen and oxygen atoms in total. The third kappa shape index (κ3) is 4.32. The van der Waals surface area contributed by atoms with Gasteiger partial charge in [-0.15, -0.1) is 0 Å². The molecule has 0 spiro atoms. The summed E-state index contributed by atoms with van der Waals surface area (Å²) in [5, 5.41) is 10.2. The summed E-state index contributed by atoms with van der Waals surface area (Å²) in [5.74, 6) is 0.411. The third-order valence-electron chi connectivity index (χ3n) is 4.60. The van der Waals surface area contributed by atoms with Crippen LogP contribution in [0, 0.1) is 18.3 Å². The summed E-state index contributed by atoms with van der Waals surface area (Å²) in [4.78, 5) is 2.35. The van der Waals surface area contributed by atoms with Crippen molar-refractivity contribution >= 4 is 0 Å². The molecule has 1 aliphatic rings. The maximum atomic E-state index is 10.2. The molecule has 1 aliphatic carbocycles. The van der Waals surface area contributed by atoms with E-state index in [4.69, 9.17) is 0 Å². The summed E-state index contributed by atoms with van der Waals surface area (Å²) >= 11 is 0. The van der Waals surface area contributed by atoms with Gasteiger partial charge in [0.2, 0.25) is 0 Å². The van der Waals surface area contributed by atoms with E-state index < -0.39 is 0 Å². The predicted molar refractivity (Wildman–Crippen MR) is 84.6 cm³/mol. The first kappa shape index (κ1) is 15.5. The molecular formula is C18H29NO. The SMILES string of the molecule is Cc1ccc(CN(C)CC2CC(C)(C)CCC2O)cc1. The Hall–Kier alpha value is -0.860. The molecule has 20 heavy (non-hydrogen) atoms. The molecule has 1 N–H and O–H groups in total. The Morgan fingerprint density at radius 2 is 1.90 bits per heavy atom. The Kier molecular flexibility index (Phi) is 4.87. The third-order valence-corrected chi connectivity index (χ3v) is 4.60. The van der Waals surface area contributed by atoms with Gasteiger partial charge in [0.1, 0.15) is 0 Å². The highest BCUT2D eigenvalue weighted by Crippen LogP contribution is 2.39. The molecule has 0 bridgehead atoms. The summed E-state index contributed by atoms with van der Waals surface area (Å²) in [5.41, 5.74) is 3.04. The van der Waals surface area contributed by atoms with Gasteiger partial charge in [-0.3, -0.25) is 0 Å². The zero-order chi connectivity index (χ0) is 14.8. The lowest BCUT2D eigenvalue weighted by Crippen LogP contribution is -2.39. The van der Waals surface area contributed by atoms with Crippen LogP contribution in [0.15, 0.2) is 24.3 Å². The van der Waals surface area contributed by atoms with Gasteiger partial charge in [-0.2, -0.15) is 0 Å². The van der Waals surface area contributed by atoms with Crippen molar-refractivity contribution in [2.75, 3.05) is 13.6 Å². The molecule has 1 saturated carbocycles. The van der Waals surface area contributed by atoms with Gasteiger partial charge in [0, 0.05) is 13.1 Å². The quantitative estimate of drug-likeness (QED) is 0.907. The Bertz CT molecular complexity index is 424. The highest BCUT2D eigenvalue weighted by Gasteiger charge is 2.34. The topological polar surface area (TPSA) is 23.5 Å². The molecule has 1 aromatic rings. The van der Waals surface area contributed by atoms with Gasteiger partial charge in [0.05, 0.1) is 6.10 Å². The van der Waals surface area contributed by atoms with Crippen molar-refractivity contribution in [3.8, 4) is 0 Å². The predicted octanol–water partition coefficient (Wildman–Crippen LogP) is 3.61. The van der Waals surface area contributed by atoms with E-state index in [0.717, 1.165) is 32.4 Å². The van der Waals surface area contributed by atoms with Crippen LogP contribution in [0.2, 0.25) is 0 Å². The number of hydrogen-bond donors (Lipinski definition) is 1. The van der Waals surface area contributed by atoms with Gasteiger partial charge < -0.3 is 10.0 Å². The molecule has 112 valence electrons. The minimum Gasteiger partial charge on any atom is -0.393 e. The second kappa shape index (κ2) is 6.28. The van der Waals surface area contributed by atoms with Crippen LogP contribution >= 0.6 is 0 Å². The van der Waals surface area contributed by atoms with E-state index in [1.807, 2.05) is 0 Å². The van der Waals surface area contributed by atoms with Gasteiger partial charge in [-0.1, -0.05) is 43.7 Å². The summed E-state index contributed by atoms with van der Waals surface area (Å²) in [6.07, 6.45) is 3.11. The number of aliphatic hydroxyl groups excluding tert-OH is 1. The van der Waals surface area contributed by atoms with Crippen LogP contribution in [0.1, 0.15) is 44.2 Å². The fraction of sp³-hybridized carbons (Fsp3) is 0.667. The van der Waals surface area contributed by atoms with Crippen LogP contribution in [-0.2, 0) is 6.54 Å². The molecule has 0 aromatic heterocycles. The lowest BCUT2D eigenvalue weighted by atomic mass is 9.71. The van der Waals surface area contributed by atoms with E-state index in [0.29, 0.717) is 11.3 Å². The lowest BCUT2D eigenvalue weighted by molar-refractivity contribution is 0.00673. The number of aryl methyl sites for hydroxylation is 1. The van der Waals surface area contributed by atoms with Gasteiger partial charge in [-0.25, -0.2) is 0 Å². The lowest BCUT2D eigenvalue weighted by Gasteiger charge is -2.40. The summed E-state index contributed by atoms with van der Waals surface area (Å²) < 4.78 is 0. The Labute approximate surface area is 123 Å². The number of aliphatic hydroxyl groups is 1. The number of rotatable bonds is 4. The minimum atomic E-state index is -0.122. The average molecular weight is 275 g/mol. The first-order valence-corrected chi connectivity index (χ1v) is 7.78. The zero-order valence-corrected chi connectivity index (χ0v) is 13.4. The summed E-state index contributed by atoms with van der Waals surface area (Å²) in [6.45, 7) is 8.72. The molecular weight excluding hydrogens is 246 g/mol. The highest BCUT2D eigenvalue weighted by molar-refractivity contribution is 5.21. The van der Waals surface area contributed by atoms with E-state index in [-0.39, 0.29) is 6.10 Å². The minimum absolute atomic E-state index is 0.122. The van der Waals surface area contributed by atoms with Crippen molar-refractivity contribution in [2.24, 2.45) is 11.3 Å². The van der Waals surface area contributed by atoms with Gasteiger partial charge >= 0.3 is 0 Å². The van der Waals surface area contributed by atoms with Crippen LogP contribution in [0.4, 0.5) is 0 Å². The number of hydrogen-bond acceptors (Lipinski definition) is 2. The molecule has 2 heteroatoms. The normalized spacial score (nSPS) is 25.9. The maximum Gasteiger partial charge on any atom is 0.0581 e. The molecule has 1 fully saturated rings. The highest BCUT2D eigenvalue weighted by atomic mass is 16.3. The van der Waals surface area contributed by atoms with Crippen molar-refractivity contribution in [1.29, 1.82) is 0 Å². The molecule has 0 saturated heterocycles. The second-order valence-electron chi connectivity index (χ2n) is 7.42. The fourth-order valence-corrected chi connectivity index (χ4v) is 3.38. The molecule has 2 unspecified atom stereocenters. The van der Waals surface area contributed by atoms with E-state index in [1.165, 1.54) is 11.1 Å². The summed E-state index contributed by atoms with van der Waals surface area (Å²) in [6, 6.07) is 8.74. The Balaban J connectivity index is 1.90. The standard InChI is InChI=1S/C18H29NO/c1-14-5-7-15(8-6-14)12-19(4)13-16-11-18(2,3)10-9-17(16)20/h5-8,16-17,20H,9-13H2,1-4H3. The number of benzene rings is 1. The molecule has 0 amide bonds. The summed E-state index contributed by atoms with van der Waals surface area (Å²) in [7, 11) is 2.16. The molecule has 2 rings (SSSR count). The average Bonchev–Trinajstić information content (AvgIpc) is 2.36. The molecule has 0 heterocycles. The van der Waals surface area contributed by atoms with Gasteiger partial charge in [-0.05, 0) is 50.1 Å². The van der Waals surface area contributed by atoms with Crippen LogP contribution in [0.5, 0.6) is 0 Å². The maximum absolute atomic E-state index is 10.2. The monoisotopic (exact) mass is 275 g/mol. The smallest absolute Gasteiger partial charge is 0.0581 e. The molecule has 2 atom stereocenters. The molecule has 0 aliphatic heterocycles. The Morgan fingerprint density at radius 1 is 1.25 bits per heavy atom. The van der Waals surface area contributed by atoms with Crippen LogP contribution in [0.3, 0.4) is 0 Å². The van der Waals surface area contributed by atoms with Crippen LogP contribution in [-0.4, -0.2) is 29.7 Å². The van der Waals surface area contributed by atoms with Crippen molar-refractivity contribution < 1.29 is 5.11 Å². The van der Waals surface area contributed by atoms with Gasteiger partial charge in [0.25, 0.3) is 0 Å². The first-order chi connectivity index (χ1) is 9.35. The van der Waals surface area contributed by atoms with Crippen molar-refractivity contribution in [2.45, 2.75) is 52.7 Å². The first-order valence-electron chi connectivity index (χ1n) is 7.78. The van der Waals surface area contributed by atoms with E-state index in [1.54, 1.807) is 0 Å². The van der Waals surface area contributed by atoms with E-state index in [2.05, 4.69) is 57.0 Å². The van der Waals surface area contributed by atoms with Gasteiger partial charge in [0.15, 0.2) is 0 Å². The number of nitrogens with zero attached hydrogens (tertiary/aromatic N) is 1. The second-order valence-corrected chi connectivity index (χ2v) is 7.42. The fourth-order valence-electron chi connectivity index (χ4n) is 3.38. The van der Waals surface area contributed by atoms with Crippen LogP contribution < -0.4 is 0 Å². The molecule has 1 aromatic carbocycles. The molecule has 0 radical (unpaired) electrons. The zero-order valence-electron chi connectivity index (χ0n) is 13.4. The van der Waals surface area contributed by atoms with Crippen molar-refractivity contribution in [1.82, 2.24) is 4.90 Å². The van der Waals surface area contributed by atoms with E-state index in [9.17, 15) is 5.11 Å². The largest absolute Gasteiger partial charge is 0.393 e.